The van der Waals surface area contributed by atoms with E-state index in [1.165, 1.54) is 4.90 Å². The highest BCUT2D eigenvalue weighted by atomic mass is 32.1. The van der Waals surface area contributed by atoms with Gasteiger partial charge in [-0.15, -0.1) is 11.3 Å². The number of aromatic nitrogens is 1. The molecule has 0 aliphatic carbocycles. The van der Waals surface area contributed by atoms with E-state index in [0.717, 1.165) is 47.9 Å². The van der Waals surface area contributed by atoms with Crippen LogP contribution >= 0.6 is 11.3 Å². The number of carbonyl (C=O) groups excluding carboxylic acids is 3. The summed E-state index contributed by atoms with van der Waals surface area (Å²) in [5.74, 6) is -1.79. The van der Waals surface area contributed by atoms with Gasteiger partial charge in [-0.1, -0.05) is 45.0 Å². The number of aliphatic carboxylic acids is 1. The molecule has 2 aliphatic heterocycles. The zero-order chi connectivity index (χ0) is 32.7. The van der Waals surface area contributed by atoms with Crippen LogP contribution in [0.3, 0.4) is 0 Å². The van der Waals surface area contributed by atoms with Crippen LogP contribution in [0.2, 0.25) is 0 Å². The average Bonchev–Trinajstić information content (AvgIpc) is 3.61. The molecule has 1 aromatic carbocycles. The number of aryl methyl sites for hydroxylation is 1. The van der Waals surface area contributed by atoms with Crippen LogP contribution < -0.4 is 10.6 Å². The summed E-state index contributed by atoms with van der Waals surface area (Å²) in [7, 11) is 0. The van der Waals surface area contributed by atoms with Crippen LogP contribution in [0, 0.1) is 12.3 Å². The van der Waals surface area contributed by atoms with Gasteiger partial charge in [-0.05, 0) is 23.5 Å². The molecule has 1 unspecified atom stereocenters. The smallest absolute Gasteiger partial charge is 0.304 e. The lowest BCUT2D eigenvalue weighted by Crippen LogP contribution is -2.58. The van der Waals surface area contributed by atoms with Crippen LogP contribution in [-0.2, 0) is 25.7 Å². The number of β-amino-alcohol motifs (C(OH)–C–C–N with tert-alkyl or cyclic N) is 1. The second-order valence-electron chi connectivity index (χ2n) is 13.0. The van der Waals surface area contributed by atoms with Crippen LogP contribution in [0.5, 0.6) is 0 Å². The standard InChI is InChI=1S/C32H46N6O6S/c1-21-28(45-20-34-21)23-7-5-22(6-8-23)18-33-30(43)25-17-24(39)19-38(25)31(44)29(32(2,3)4)35-26(40)9-11-36-13-15-37(16-14-36)12-10-27(41)42/h5-8,20,24-25,29,39H,9-19H2,1-4H3,(H,33,43)(H,35,40)(H,41,42)/t24-,25+,29?/m1/s1. The average molecular weight is 643 g/mol. The number of aliphatic hydroxyl groups excluding tert-OH is 1. The number of rotatable bonds is 12. The Labute approximate surface area is 268 Å². The van der Waals surface area contributed by atoms with Crippen molar-refractivity contribution in [3.63, 3.8) is 0 Å². The highest BCUT2D eigenvalue weighted by molar-refractivity contribution is 7.13. The van der Waals surface area contributed by atoms with Crippen molar-refractivity contribution < 1.29 is 29.4 Å². The van der Waals surface area contributed by atoms with Gasteiger partial charge in [0.05, 0.1) is 28.6 Å². The SMILES string of the molecule is Cc1ncsc1-c1ccc(CNC(=O)[C@@H]2C[C@@H](O)CN2C(=O)C(NC(=O)CCN2CCN(CCC(=O)O)CC2)C(C)(C)C)cc1. The largest absolute Gasteiger partial charge is 0.481 e. The molecule has 4 rings (SSSR count). The number of likely N-dealkylation sites (tertiary alicyclic amines) is 1. The molecule has 2 aromatic rings. The number of amides is 3. The quantitative estimate of drug-likeness (QED) is 0.271. The summed E-state index contributed by atoms with van der Waals surface area (Å²) in [6.45, 7) is 11.9. The number of hydrogen-bond donors (Lipinski definition) is 4. The molecule has 0 radical (unpaired) electrons. The number of aliphatic hydroxyl groups is 1. The molecule has 0 saturated carbocycles. The summed E-state index contributed by atoms with van der Waals surface area (Å²) in [4.78, 5) is 62.1. The maximum atomic E-state index is 13.8. The predicted molar refractivity (Wildman–Crippen MR) is 171 cm³/mol. The Morgan fingerprint density at radius 3 is 2.20 bits per heavy atom. The monoisotopic (exact) mass is 642 g/mol. The Morgan fingerprint density at radius 2 is 1.64 bits per heavy atom. The topological polar surface area (TPSA) is 155 Å². The van der Waals surface area contributed by atoms with E-state index in [1.807, 2.05) is 57.5 Å². The van der Waals surface area contributed by atoms with Gasteiger partial charge < -0.3 is 35.5 Å². The molecular weight excluding hydrogens is 596 g/mol. The van der Waals surface area contributed by atoms with Gasteiger partial charge in [0.15, 0.2) is 0 Å². The van der Waals surface area contributed by atoms with Gasteiger partial charge >= 0.3 is 5.97 Å². The van der Waals surface area contributed by atoms with Crippen LogP contribution in [0.4, 0.5) is 0 Å². The number of hydrogen-bond acceptors (Lipinski definition) is 9. The minimum Gasteiger partial charge on any atom is -0.481 e. The number of benzene rings is 1. The van der Waals surface area contributed by atoms with E-state index in [0.29, 0.717) is 13.1 Å². The molecule has 1 aromatic heterocycles. The molecule has 3 amide bonds. The Balaban J connectivity index is 1.30. The fraction of sp³-hybridized carbons (Fsp3) is 0.594. The third-order valence-corrected chi connectivity index (χ3v) is 9.45. The van der Waals surface area contributed by atoms with Gasteiger partial charge in [-0.2, -0.15) is 0 Å². The minimum atomic E-state index is -0.874. The molecule has 4 N–H and O–H groups in total. The van der Waals surface area contributed by atoms with Crippen molar-refractivity contribution in [3.05, 3.63) is 41.0 Å². The fourth-order valence-corrected chi connectivity index (χ4v) is 6.58. The van der Waals surface area contributed by atoms with E-state index >= 15 is 0 Å². The van der Waals surface area contributed by atoms with Gasteiger partial charge in [0.25, 0.3) is 0 Å². The van der Waals surface area contributed by atoms with Crippen molar-refractivity contribution in [2.75, 3.05) is 45.8 Å². The molecule has 3 heterocycles. The maximum absolute atomic E-state index is 13.8. The summed E-state index contributed by atoms with van der Waals surface area (Å²) < 4.78 is 0. The normalized spacial score (nSPS) is 20.2. The lowest BCUT2D eigenvalue weighted by Gasteiger charge is -2.36. The van der Waals surface area contributed by atoms with Gasteiger partial charge in [0.2, 0.25) is 17.7 Å². The number of carboxylic acid groups (broad SMARTS) is 1. The molecule has 0 spiro atoms. The lowest BCUT2D eigenvalue weighted by molar-refractivity contribution is -0.144. The lowest BCUT2D eigenvalue weighted by atomic mass is 9.85. The third kappa shape index (κ3) is 9.55. The van der Waals surface area contributed by atoms with E-state index in [9.17, 15) is 24.3 Å². The Morgan fingerprint density at radius 1 is 1.02 bits per heavy atom. The van der Waals surface area contributed by atoms with E-state index in [4.69, 9.17) is 5.11 Å². The molecule has 2 aliphatic rings. The first-order chi connectivity index (χ1) is 21.3. The molecule has 45 heavy (non-hydrogen) atoms. The number of piperazine rings is 1. The molecule has 2 saturated heterocycles. The van der Waals surface area contributed by atoms with Crippen molar-refractivity contribution in [1.82, 2.24) is 30.3 Å². The number of carbonyl (C=O) groups is 4. The van der Waals surface area contributed by atoms with E-state index < -0.39 is 29.6 Å². The molecule has 2 fully saturated rings. The molecular formula is C32H46N6O6S. The van der Waals surface area contributed by atoms with Gasteiger partial charge in [0.1, 0.15) is 12.1 Å². The predicted octanol–water partition coefficient (Wildman–Crippen LogP) is 1.71. The van der Waals surface area contributed by atoms with Crippen LogP contribution in [-0.4, -0.2) is 118 Å². The Bertz CT molecular complexity index is 1330. The first kappa shape index (κ1) is 34.5. The fourth-order valence-electron chi connectivity index (χ4n) is 5.76. The minimum absolute atomic E-state index is 0.0222. The zero-order valence-corrected chi connectivity index (χ0v) is 27.4. The first-order valence-corrected chi connectivity index (χ1v) is 16.4. The van der Waals surface area contributed by atoms with Crippen LogP contribution in [0.1, 0.15) is 51.3 Å². The van der Waals surface area contributed by atoms with Crippen molar-refractivity contribution >= 4 is 35.0 Å². The van der Waals surface area contributed by atoms with Crippen molar-refractivity contribution in [2.45, 2.75) is 71.7 Å². The Hall–Kier alpha value is -3.39. The Kier molecular flexibility index (Phi) is 11.7. The van der Waals surface area contributed by atoms with Crippen molar-refractivity contribution in [3.8, 4) is 10.4 Å². The first-order valence-electron chi connectivity index (χ1n) is 15.5. The number of nitrogens with one attached hydrogen (secondary N) is 2. The maximum Gasteiger partial charge on any atom is 0.304 e. The second-order valence-corrected chi connectivity index (χ2v) is 13.9. The van der Waals surface area contributed by atoms with Gasteiger partial charge in [-0.25, -0.2) is 4.98 Å². The summed E-state index contributed by atoms with van der Waals surface area (Å²) in [5, 5.41) is 25.2. The summed E-state index contributed by atoms with van der Waals surface area (Å²) in [6, 6.07) is 6.18. The molecule has 246 valence electrons. The number of carboxylic acids is 1. The number of nitrogens with zero attached hydrogens (tertiary/aromatic N) is 4. The van der Waals surface area contributed by atoms with Gasteiger partial charge in [-0.3, -0.25) is 19.2 Å². The molecule has 12 nitrogen and oxygen atoms in total. The van der Waals surface area contributed by atoms with Crippen LogP contribution in [0.25, 0.3) is 10.4 Å². The van der Waals surface area contributed by atoms with E-state index in [-0.39, 0.29) is 50.1 Å². The van der Waals surface area contributed by atoms with E-state index in [1.54, 1.807) is 11.3 Å². The highest BCUT2D eigenvalue weighted by Gasteiger charge is 2.44. The van der Waals surface area contributed by atoms with Gasteiger partial charge in [0, 0.05) is 65.2 Å². The number of thiazole rings is 1. The third-order valence-electron chi connectivity index (χ3n) is 8.47. The van der Waals surface area contributed by atoms with Crippen molar-refractivity contribution in [1.29, 1.82) is 0 Å². The molecule has 13 heteroatoms. The summed E-state index contributed by atoms with van der Waals surface area (Å²) >= 11 is 1.58. The zero-order valence-electron chi connectivity index (χ0n) is 26.6. The highest BCUT2D eigenvalue weighted by Crippen LogP contribution is 2.28. The van der Waals surface area contributed by atoms with Crippen LogP contribution in [0.15, 0.2) is 29.8 Å². The van der Waals surface area contributed by atoms with E-state index in [2.05, 4.69) is 25.4 Å². The van der Waals surface area contributed by atoms with Crippen molar-refractivity contribution in [2.24, 2.45) is 5.41 Å². The summed E-state index contributed by atoms with van der Waals surface area (Å²) in [5.41, 5.74) is 4.13. The molecule has 0 bridgehead atoms. The molecule has 3 atom stereocenters. The second kappa shape index (κ2) is 15.3. The summed E-state index contributed by atoms with van der Waals surface area (Å²) in [6.07, 6.45) is -0.381.